The van der Waals surface area contributed by atoms with E-state index in [1.165, 1.54) is 10.9 Å². The number of nitrogens with one attached hydrogen (secondary N) is 2. The zero-order valence-corrected chi connectivity index (χ0v) is 13.9. The van der Waals surface area contributed by atoms with E-state index in [0.717, 1.165) is 5.69 Å². The van der Waals surface area contributed by atoms with Gasteiger partial charge in [0.1, 0.15) is 12.3 Å². The average Bonchev–Trinajstić information content (AvgIpc) is 3.28. The van der Waals surface area contributed by atoms with Crippen LogP contribution in [-0.2, 0) is 24.9 Å². The van der Waals surface area contributed by atoms with Crippen LogP contribution in [0.1, 0.15) is 21.9 Å². The maximum Gasteiger partial charge on any atom is 0.274 e. The number of aromatic nitrogens is 4. The first-order chi connectivity index (χ1) is 12.0. The van der Waals surface area contributed by atoms with Gasteiger partial charge in [-0.1, -0.05) is 0 Å². The normalized spacial score (nSPS) is 10.6. The molecule has 0 bridgehead atoms. The van der Waals surface area contributed by atoms with E-state index < -0.39 is 5.91 Å². The highest BCUT2D eigenvalue weighted by molar-refractivity contribution is 6.02. The standard InChI is InChI=1S/C16H18N6O3/c1-11-5-6-18-22(11)10-14(23)19-13-9-21(2)20-15(13)16(24)17-8-12-4-3-7-25-12/h3-7,9H,8,10H2,1-2H3,(H,17,24)(H,19,23). The molecule has 2 amide bonds. The molecule has 9 nitrogen and oxygen atoms in total. The first-order valence-corrected chi connectivity index (χ1v) is 7.65. The van der Waals surface area contributed by atoms with Gasteiger partial charge in [-0.2, -0.15) is 10.2 Å². The second-order valence-corrected chi connectivity index (χ2v) is 5.51. The molecule has 25 heavy (non-hydrogen) atoms. The van der Waals surface area contributed by atoms with Gasteiger partial charge in [-0.05, 0) is 25.1 Å². The highest BCUT2D eigenvalue weighted by Crippen LogP contribution is 2.14. The van der Waals surface area contributed by atoms with Crippen LogP contribution < -0.4 is 10.6 Å². The van der Waals surface area contributed by atoms with Gasteiger partial charge in [0.2, 0.25) is 5.91 Å². The van der Waals surface area contributed by atoms with Crippen molar-refractivity contribution in [1.82, 2.24) is 24.9 Å². The van der Waals surface area contributed by atoms with Crippen LogP contribution in [0.5, 0.6) is 0 Å². The van der Waals surface area contributed by atoms with Gasteiger partial charge in [-0.15, -0.1) is 0 Å². The summed E-state index contributed by atoms with van der Waals surface area (Å²) >= 11 is 0. The van der Waals surface area contributed by atoms with Crippen molar-refractivity contribution >= 4 is 17.5 Å². The molecular formula is C16H18N6O3. The van der Waals surface area contributed by atoms with Crippen molar-refractivity contribution < 1.29 is 14.0 Å². The molecule has 0 aliphatic rings. The molecule has 0 aliphatic heterocycles. The summed E-state index contributed by atoms with van der Waals surface area (Å²) in [5.74, 6) is -0.0634. The molecule has 9 heteroatoms. The molecule has 3 aromatic heterocycles. The van der Waals surface area contributed by atoms with Crippen LogP contribution in [0.3, 0.4) is 0 Å². The third kappa shape index (κ3) is 3.94. The highest BCUT2D eigenvalue weighted by Gasteiger charge is 2.18. The zero-order chi connectivity index (χ0) is 17.8. The van der Waals surface area contributed by atoms with Gasteiger partial charge >= 0.3 is 0 Å². The Hall–Kier alpha value is -3.36. The summed E-state index contributed by atoms with van der Waals surface area (Å²) in [5.41, 5.74) is 1.35. The molecule has 3 aromatic rings. The molecule has 0 atom stereocenters. The van der Waals surface area contributed by atoms with Gasteiger partial charge in [0, 0.05) is 25.1 Å². The molecule has 0 aromatic carbocycles. The van der Waals surface area contributed by atoms with Crippen LogP contribution >= 0.6 is 0 Å². The molecule has 130 valence electrons. The maximum absolute atomic E-state index is 12.3. The van der Waals surface area contributed by atoms with E-state index in [4.69, 9.17) is 4.42 Å². The van der Waals surface area contributed by atoms with Crippen molar-refractivity contribution in [3.8, 4) is 0 Å². The van der Waals surface area contributed by atoms with Gasteiger partial charge in [-0.25, -0.2) is 0 Å². The SMILES string of the molecule is Cc1ccnn1CC(=O)Nc1cn(C)nc1C(=O)NCc1ccco1. The second kappa shape index (κ2) is 7.04. The number of furan rings is 1. The Morgan fingerprint density at radius 3 is 2.84 bits per heavy atom. The summed E-state index contributed by atoms with van der Waals surface area (Å²) in [7, 11) is 1.68. The molecule has 3 heterocycles. The Labute approximate surface area is 143 Å². The number of rotatable bonds is 6. The van der Waals surface area contributed by atoms with Crippen molar-refractivity contribution in [3.63, 3.8) is 0 Å². The first kappa shape index (κ1) is 16.5. The topological polar surface area (TPSA) is 107 Å². The maximum atomic E-state index is 12.3. The number of aryl methyl sites for hydroxylation is 2. The predicted octanol–water partition coefficient (Wildman–Crippen LogP) is 1.09. The fourth-order valence-corrected chi connectivity index (χ4v) is 2.30. The van der Waals surface area contributed by atoms with Crippen LogP contribution in [0.4, 0.5) is 5.69 Å². The minimum absolute atomic E-state index is 0.0567. The lowest BCUT2D eigenvalue weighted by Gasteiger charge is -2.07. The number of carbonyl (C=O) groups excluding carboxylic acids is 2. The lowest BCUT2D eigenvalue weighted by Crippen LogP contribution is -2.26. The number of nitrogens with zero attached hydrogens (tertiary/aromatic N) is 4. The van der Waals surface area contributed by atoms with Crippen LogP contribution in [0.2, 0.25) is 0 Å². The Balaban J connectivity index is 1.66. The third-order valence-corrected chi connectivity index (χ3v) is 3.54. The smallest absolute Gasteiger partial charge is 0.274 e. The Bertz CT molecular complexity index is 878. The Morgan fingerprint density at radius 2 is 2.16 bits per heavy atom. The summed E-state index contributed by atoms with van der Waals surface area (Å²) in [5, 5.41) is 13.6. The summed E-state index contributed by atoms with van der Waals surface area (Å²) in [4.78, 5) is 24.5. The summed E-state index contributed by atoms with van der Waals surface area (Å²) < 4.78 is 8.21. The van der Waals surface area contributed by atoms with Crippen LogP contribution in [-0.4, -0.2) is 31.4 Å². The predicted molar refractivity (Wildman–Crippen MR) is 88.7 cm³/mol. The number of anilines is 1. The van der Waals surface area contributed by atoms with E-state index in [2.05, 4.69) is 20.8 Å². The van der Waals surface area contributed by atoms with E-state index in [1.807, 2.05) is 13.0 Å². The fourth-order valence-electron chi connectivity index (χ4n) is 2.30. The van der Waals surface area contributed by atoms with Crippen molar-refractivity contribution in [2.24, 2.45) is 7.05 Å². The van der Waals surface area contributed by atoms with Crippen LogP contribution in [0.25, 0.3) is 0 Å². The fraction of sp³-hybridized carbons (Fsp3) is 0.250. The minimum Gasteiger partial charge on any atom is -0.467 e. The van der Waals surface area contributed by atoms with E-state index in [9.17, 15) is 9.59 Å². The van der Waals surface area contributed by atoms with E-state index >= 15 is 0 Å². The van der Waals surface area contributed by atoms with E-state index in [-0.39, 0.29) is 24.7 Å². The number of hydrogen-bond acceptors (Lipinski definition) is 5. The van der Waals surface area contributed by atoms with Gasteiger partial charge in [-0.3, -0.25) is 19.0 Å². The lowest BCUT2D eigenvalue weighted by molar-refractivity contribution is -0.116. The monoisotopic (exact) mass is 342 g/mol. The van der Waals surface area contributed by atoms with Crippen molar-refractivity contribution in [1.29, 1.82) is 0 Å². The average molecular weight is 342 g/mol. The molecule has 0 spiro atoms. The molecule has 2 N–H and O–H groups in total. The molecule has 0 aliphatic carbocycles. The zero-order valence-electron chi connectivity index (χ0n) is 13.9. The van der Waals surface area contributed by atoms with Gasteiger partial charge in [0.25, 0.3) is 5.91 Å². The summed E-state index contributed by atoms with van der Waals surface area (Å²) in [6.07, 6.45) is 4.74. The van der Waals surface area contributed by atoms with Crippen LogP contribution in [0.15, 0.2) is 41.3 Å². The second-order valence-electron chi connectivity index (χ2n) is 5.51. The number of carbonyl (C=O) groups is 2. The molecule has 0 fully saturated rings. The Morgan fingerprint density at radius 1 is 1.32 bits per heavy atom. The molecule has 0 unspecified atom stereocenters. The minimum atomic E-state index is -0.400. The molecule has 0 radical (unpaired) electrons. The summed E-state index contributed by atoms with van der Waals surface area (Å²) in [6, 6.07) is 5.31. The van der Waals surface area contributed by atoms with E-state index in [0.29, 0.717) is 11.4 Å². The number of amides is 2. The third-order valence-electron chi connectivity index (χ3n) is 3.54. The van der Waals surface area contributed by atoms with Crippen molar-refractivity contribution in [2.75, 3.05) is 5.32 Å². The van der Waals surface area contributed by atoms with Crippen molar-refractivity contribution in [3.05, 3.63) is 54.0 Å². The molecule has 3 rings (SSSR count). The molecule has 0 saturated carbocycles. The number of hydrogen-bond donors (Lipinski definition) is 2. The molecular weight excluding hydrogens is 324 g/mol. The highest BCUT2D eigenvalue weighted by atomic mass is 16.3. The quantitative estimate of drug-likeness (QED) is 0.697. The van der Waals surface area contributed by atoms with Gasteiger partial charge in [0.05, 0.1) is 18.5 Å². The van der Waals surface area contributed by atoms with Crippen molar-refractivity contribution in [2.45, 2.75) is 20.0 Å². The van der Waals surface area contributed by atoms with Crippen LogP contribution in [0, 0.1) is 6.92 Å². The first-order valence-electron chi connectivity index (χ1n) is 7.65. The van der Waals surface area contributed by atoms with E-state index in [1.54, 1.807) is 36.3 Å². The lowest BCUT2D eigenvalue weighted by atomic mass is 10.3. The largest absolute Gasteiger partial charge is 0.467 e. The molecule has 0 saturated heterocycles. The Kier molecular flexibility index (Phi) is 4.64. The van der Waals surface area contributed by atoms with Gasteiger partial charge < -0.3 is 15.1 Å². The summed E-state index contributed by atoms with van der Waals surface area (Å²) in [6.45, 7) is 2.15. The van der Waals surface area contributed by atoms with Gasteiger partial charge in [0.15, 0.2) is 5.69 Å².